The molecule has 2 unspecified atom stereocenters. The largest absolute Gasteiger partial charge is 0.329 e. The van der Waals surface area contributed by atoms with Crippen molar-refractivity contribution in [3.8, 4) is 0 Å². The van der Waals surface area contributed by atoms with E-state index < -0.39 is 0 Å². The predicted octanol–water partition coefficient (Wildman–Crippen LogP) is 1.67. The van der Waals surface area contributed by atoms with Crippen LogP contribution < -0.4 is 5.73 Å². The summed E-state index contributed by atoms with van der Waals surface area (Å²) in [7, 11) is 0. The Balaban J connectivity index is 1.70. The zero-order chi connectivity index (χ0) is 12.8. The van der Waals surface area contributed by atoms with Gasteiger partial charge in [-0.05, 0) is 58.0 Å². The number of hydrogen-bond donors (Lipinski definition) is 1. The van der Waals surface area contributed by atoms with Crippen molar-refractivity contribution in [2.45, 2.75) is 63.6 Å². The molecule has 3 rings (SSSR count). The number of hydrogen-bond acceptors (Lipinski definition) is 3. The highest BCUT2D eigenvalue weighted by Gasteiger charge is 2.49. The van der Waals surface area contributed by atoms with Crippen LogP contribution in [0.5, 0.6) is 0 Å². The van der Waals surface area contributed by atoms with Gasteiger partial charge in [-0.25, -0.2) is 0 Å². The average Bonchev–Trinajstić information content (AvgIpc) is 3.15. The van der Waals surface area contributed by atoms with Gasteiger partial charge in [-0.2, -0.15) is 0 Å². The van der Waals surface area contributed by atoms with Crippen molar-refractivity contribution >= 4 is 0 Å². The highest BCUT2D eigenvalue weighted by Crippen LogP contribution is 2.40. The molecule has 3 aliphatic rings. The van der Waals surface area contributed by atoms with Crippen molar-refractivity contribution in [2.75, 3.05) is 26.2 Å². The van der Waals surface area contributed by atoms with E-state index in [-0.39, 0.29) is 0 Å². The smallest absolute Gasteiger partial charge is 0.0473 e. The lowest BCUT2D eigenvalue weighted by molar-refractivity contribution is 0.0621. The molecular formula is C15H29N3. The van der Waals surface area contributed by atoms with E-state index in [0.29, 0.717) is 5.54 Å². The number of nitrogens with zero attached hydrogens (tertiary/aromatic N) is 2. The molecule has 0 aromatic rings. The van der Waals surface area contributed by atoms with Gasteiger partial charge in [0.15, 0.2) is 0 Å². The second-order valence-corrected chi connectivity index (χ2v) is 7.05. The molecule has 0 amide bonds. The number of nitrogens with two attached hydrogens (primary N) is 1. The molecule has 3 fully saturated rings. The average molecular weight is 251 g/mol. The Bertz CT molecular complexity index is 294. The normalized spacial score (nSPS) is 40.5. The van der Waals surface area contributed by atoms with Gasteiger partial charge in [0.2, 0.25) is 0 Å². The lowest BCUT2D eigenvalue weighted by atomic mass is 9.89. The van der Waals surface area contributed by atoms with Crippen LogP contribution >= 0.6 is 0 Å². The van der Waals surface area contributed by atoms with Gasteiger partial charge >= 0.3 is 0 Å². The summed E-state index contributed by atoms with van der Waals surface area (Å²) in [5.41, 5.74) is 6.50. The van der Waals surface area contributed by atoms with E-state index in [0.717, 1.165) is 24.5 Å². The fourth-order valence-electron chi connectivity index (χ4n) is 4.11. The molecule has 3 nitrogen and oxygen atoms in total. The highest BCUT2D eigenvalue weighted by atomic mass is 15.3. The minimum atomic E-state index is 0.294. The van der Waals surface area contributed by atoms with Crippen LogP contribution in [0, 0.1) is 5.92 Å². The van der Waals surface area contributed by atoms with Crippen molar-refractivity contribution in [3.63, 3.8) is 0 Å². The number of piperidine rings is 1. The number of rotatable bonds is 3. The Hall–Kier alpha value is -0.120. The zero-order valence-electron chi connectivity index (χ0n) is 12.1. The molecule has 1 aliphatic carbocycles. The molecule has 2 heterocycles. The fourth-order valence-corrected chi connectivity index (χ4v) is 4.11. The first-order valence-corrected chi connectivity index (χ1v) is 7.85. The van der Waals surface area contributed by atoms with Crippen molar-refractivity contribution in [1.29, 1.82) is 0 Å². The topological polar surface area (TPSA) is 32.5 Å². The molecule has 104 valence electrons. The lowest BCUT2D eigenvalue weighted by Gasteiger charge is -2.44. The van der Waals surface area contributed by atoms with Crippen LogP contribution in [-0.2, 0) is 0 Å². The van der Waals surface area contributed by atoms with Crippen LogP contribution in [0.15, 0.2) is 0 Å². The van der Waals surface area contributed by atoms with Crippen molar-refractivity contribution in [3.05, 3.63) is 0 Å². The molecular weight excluding hydrogens is 222 g/mol. The second-order valence-electron chi connectivity index (χ2n) is 7.05. The van der Waals surface area contributed by atoms with Gasteiger partial charge in [-0.1, -0.05) is 6.92 Å². The molecule has 0 aromatic heterocycles. The summed E-state index contributed by atoms with van der Waals surface area (Å²) in [5, 5.41) is 0. The summed E-state index contributed by atoms with van der Waals surface area (Å²) < 4.78 is 0. The fraction of sp³-hybridized carbons (Fsp3) is 1.00. The third-order valence-corrected chi connectivity index (χ3v) is 5.57. The molecule has 18 heavy (non-hydrogen) atoms. The van der Waals surface area contributed by atoms with Crippen LogP contribution in [0.3, 0.4) is 0 Å². The Morgan fingerprint density at radius 3 is 2.33 bits per heavy atom. The lowest BCUT2D eigenvalue weighted by Crippen LogP contribution is -2.57. The van der Waals surface area contributed by atoms with Crippen molar-refractivity contribution < 1.29 is 0 Å². The summed E-state index contributed by atoms with van der Waals surface area (Å²) in [6.45, 7) is 9.40. The summed E-state index contributed by atoms with van der Waals surface area (Å²) in [6, 6.07) is 1.62. The van der Waals surface area contributed by atoms with Crippen molar-refractivity contribution in [2.24, 2.45) is 11.7 Å². The molecule has 0 radical (unpaired) electrons. The predicted molar refractivity (Wildman–Crippen MR) is 75.6 cm³/mol. The van der Waals surface area contributed by atoms with Gasteiger partial charge in [0, 0.05) is 30.7 Å². The minimum Gasteiger partial charge on any atom is -0.329 e. The van der Waals surface area contributed by atoms with E-state index in [2.05, 4.69) is 23.6 Å². The van der Waals surface area contributed by atoms with Crippen LogP contribution in [0.2, 0.25) is 0 Å². The monoisotopic (exact) mass is 251 g/mol. The molecule has 2 saturated heterocycles. The molecule has 2 aliphatic heterocycles. The van der Waals surface area contributed by atoms with Gasteiger partial charge < -0.3 is 5.73 Å². The summed E-state index contributed by atoms with van der Waals surface area (Å²) >= 11 is 0. The van der Waals surface area contributed by atoms with Crippen LogP contribution in [0.4, 0.5) is 0 Å². The third kappa shape index (κ3) is 2.21. The Morgan fingerprint density at radius 1 is 1.11 bits per heavy atom. The van der Waals surface area contributed by atoms with Gasteiger partial charge in [0.05, 0.1) is 0 Å². The van der Waals surface area contributed by atoms with E-state index in [1.807, 2.05) is 0 Å². The maximum atomic E-state index is 6.21. The number of likely N-dealkylation sites (tertiary alicyclic amines) is 2. The quantitative estimate of drug-likeness (QED) is 0.828. The standard InChI is InChI=1S/C15H29N3/c1-12-5-7-17(8-6-12)15(10-16)9-13(2)18(11-15)14-3-4-14/h12-14H,3-11,16H2,1-2H3. The Labute approximate surface area is 112 Å². The minimum absolute atomic E-state index is 0.294. The first kappa shape index (κ1) is 12.9. The first-order chi connectivity index (χ1) is 8.64. The zero-order valence-corrected chi connectivity index (χ0v) is 12.1. The van der Waals surface area contributed by atoms with Crippen LogP contribution in [-0.4, -0.2) is 53.6 Å². The molecule has 1 saturated carbocycles. The SMILES string of the molecule is CC1CCN(C2(CN)CC(C)N(C3CC3)C2)CC1. The van der Waals surface area contributed by atoms with E-state index in [1.54, 1.807) is 0 Å². The molecule has 3 heteroatoms. The van der Waals surface area contributed by atoms with E-state index in [1.165, 1.54) is 51.7 Å². The summed E-state index contributed by atoms with van der Waals surface area (Å²) in [5.74, 6) is 0.912. The van der Waals surface area contributed by atoms with Gasteiger partial charge in [-0.15, -0.1) is 0 Å². The van der Waals surface area contributed by atoms with Crippen LogP contribution in [0.1, 0.15) is 46.0 Å². The van der Waals surface area contributed by atoms with Gasteiger partial charge in [0.1, 0.15) is 0 Å². The molecule has 0 bridgehead atoms. The molecule has 0 spiro atoms. The van der Waals surface area contributed by atoms with E-state index in [9.17, 15) is 0 Å². The van der Waals surface area contributed by atoms with Crippen LogP contribution in [0.25, 0.3) is 0 Å². The maximum Gasteiger partial charge on any atom is 0.0473 e. The van der Waals surface area contributed by atoms with E-state index in [4.69, 9.17) is 5.73 Å². The highest BCUT2D eigenvalue weighted by molar-refractivity contribution is 5.07. The van der Waals surface area contributed by atoms with Gasteiger partial charge in [-0.3, -0.25) is 9.80 Å². The van der Waals surface area contributed by atoms with Gasteiger partial charge in [0.25, 0.3) is 0 Å². The molecule has 2 atom stereocenters. The first-order valence-electron chi connectivity index (χ1n) is 7.85. The molecule has 0 aromatic carbocycles. The van der Waals surface area contributed by atoms with Crippen molar-refractivity contribution in [1.82, 2.24) is 9.80 Å². The summed E-state index contributed by atoms with van der Waals surface area (Å²) in [4.78, 5) is 5.47. The second kappa shape index (κ2) is 4.77. The maximum absolute atomic E-state index is 6.21. The van der Waals surface area contributed by atoms with E-state index >= 15 is 0 Å². The third-order valence-electron chi connectivity index (χ3n) is 5.57. The Morgan fingerprint density at radius 2 is 1.78 bits per heavy atom. The summed E-state index contributed by atoms with van der Waals surface area (Å²) in [6.07, 6.45) is 6.84. The molecule has 2 N–H and O–H groups in total. The Kier molecular flexibility index (Phi) is 3.41.